The number of halogens is 1. The number of aromatic nitrogens is 2. The summed E-state index contributed by atoms with van der Waals surface area (Å²) < 4.78 is 0. The van der Waals surface area contributed by atoms with Crippen molar-refractivity contribution in [2.24, 2.45) is 0 Å². The van der Waals surface area contributed by atoms with Gasteiger partial charge in [-0.3, -0.25) is 10.0 Å². The van der Waals surface area contributed by atoms with E-state index in [0.29, 0.717) is 29.0 Å². The molecular weight excluding hydrogens is 416 g/mol. The van der Waals surface area contributed by atoms with Crippen LogP contribution in [0.15, 0.2) is 18.2 Å². The van der Waals surface area contributed by atoms with Crippen LogP contribution in [-0.4, -0.2) is 46.4 Å². The standard InChI is InChI=1S/C21H33ClN8O/c1-12(2)28(9-10-31)21-25-19(24-15-7-8-17(23)16(22)11-15)18-20(26-21)30(14(5)6)27-29(18)13(3)4/h7-8,11-14,27,31H,9-10,23H2,1-6H3,(H,24,25,26). The zero-order chi connectivity index (χ0) is 22.9. The van der Waals surface area contributed by atoms with E-state index in [9.17, 15) is 5.11 Å². The summed E-state index contributed by atoms with van der Waals surface area (Å²) in [6.07, 6.45) is 0. The van der Waals surface area contributed by atoms with E-state index in [-0.39, 0.29) is 24.7 Å². The van der Waals surface area contributed by atoms with Crippen molar-refractivity contribution in [2.45, 2.75) is 59.7 Å². The fraction of sp³-hybridized carbons (Fsp3) is 0.524. The summed E-state index contributed by atoms with van der Waals surface area (Å²) in [6, 6.07) is 5.85. The van der Waals surface area contributed by atoms with Crippen LogP contribution >= 0.6 is 11.6 Å². The Morgan fingerprint density at radius 3 is 2.35 bits per heavy atom. The fourth-order valence-electron chi connectivity index (χ4n) is 3.42. The Bertz CT molecular complexity index is 920. The van der Waals surface area contributed by atoms with E-state index in [1.165, 1.54) is 0 Å². The molecule has 1 aliphatic heterocycles. The third-order valence-corrected chi connectivity index (χ3v) is 5.38. The van der Waals surface area contributed by atoms with Crippen LogP contribution in [0, 0.1) is 0 Å². The van der Waals surface area contributed by atoms with Crippen molar-refractivity contribution in [1.29, 1.82) is 0 Å². The molecule has 10 heteroatoms. The minimum absolute atomic E-state index is 0.0131. The largest absolute Gasteiger partial charge is 0.398 e. The number of nitrogens with two attached hydrogens (primary N) is 1. The lowest BCUT2D eigenvalue weighted by atomic mass is 10.2. The molecule has 170 valence electrons. The number of aliphatic hydroxyl groups is 1. The zero-order valence-electron chi connectivity index (χ0n) is 19.0. The fourth-order valence-corrected chi connectivity index (χ4v) is 3.60. The quantitative estimate of drug-likeness (QED) is 0.451. The summed E-state index contributed by atoms with van der Waals surface area (Å²) in [7, 11) is 0. The number of nitrogen functional groups attached to an aromatic ring is 1. The zero-order valence-corrected chi connectivity index (χ0v) is 19.8. The molecule has 0 bridgehead atoms. The van der Waals surface area contributed by atoms with Gasteiger partial charge < -0.3 is 21.1 Å². The van der Waals surface area contributed by atoms with Crippen LogP contribution in [0.4, 0.5) is 34.6 Å². The number of nitrogens with one attached hydrogen (secondary N) is 2. The van der Waals surface area contributed by atoms with Crippen LogP contribution in [0.3, 0.4) is 0 Å². The third kappa shape index (κ3) is 4.73. The molecule has 0 unspecified atom stereocenters. The Labute approximate surface area is 189 Å². The van der Waals surface area contributed by atoms with Gasteiger partial charge in [-0.2, -0.15) is 9.97 Å². The Balaban J connectivity index is 2.18. The van der Waals surface area contributed by atoms with Gasteiger partial charge in [-0.05, 0) is 59.7 Å². The van der Waals surface area contributed by atoms with Gasteiger partial charge in [0, 0.05) is 30.4 Å². The maximum Gasteiger partial charge on any atom is 0.229 e. The smallest absolute Gasteiger partial charge is 0.229 e. The predicted octanol–water partition coefficient (Wildman–Crippen LogP) is 3.53. The molecule has 0 saturated carbocycles. The molecule has 0 fully saturated rings. The average Bonchev–Trinajstić information content (AvgIpc) is 3.09. The van der Waals surface area contributed by atoms with Gasteiger partial charge in [0.25, 0.3) is 0 Å². The van der Waals surface area contributed by atoms with Gasteiger partial charge in [0.15, 0.2) is 11.6 Å². The second-order valence-electron chi connectivity index (χ2n) is 8.44. The lowest BCUT2D eigenvalue weighted by molar-refractivity contribution is 0.298. The lowest BCUT2D eigenvalue weighted by Crippen LogP contribution is -2.50. The Hall–Kier alpha value is -2.49. The van der Waals surface area contributed by atoms with Crippen LogP contribution in [0.2, 0.25) is 5.02 Å². The maximum absolute atomic E-state index is 9.59. The molecule has 9 nitrogen and oxygen atoms in total. The number of aliphatic hydroxyl groups excluding tert-OH is 1. The minimum Gasteiger partial charge on any atom is -0.398 e. The molecule has 31 heavy (non-hydrogen) atoms. The van der Waals surface area contributed by atoms with Crippen molar-refractivity contribution in [3.8, 4) is 0 Å². The Morgan fingerprint density at radius 1 is 1.13 bits per heavy atom. The van der Waals surface area contributed by atoms with Crippen LogP contribution in [0.5, 0.6) is 0 Å². The molecule has 2 heterocycles. The van der Waals surface area contributed by atoms with Gasteiger partial charge in [0.2, 0.25) is 5.95 Å². The topological polar surface area (TPSA) is 106 Å². The van der Waals surface area contributed by atoms with E-state index in [1.807, 2.05) is 21.0 Å². The number of fused-ring (bicyclic) bond motifs is 1. The highest BCUT2D eigenvalue weighted by Crippen LogP contribution is 2.42. The van der Waals surface area contributed by atoms with Crippen molar-refractivity contribution >= 4 is 46.2 Å². The number of anilines is 6. The number of hydrogen-bond donors (Lipinski definition) is 4. The van der Waals surface area contributed by atoms with E-state index in [2.05, 4.69) is 52.4 Å². The third-order valence-electron chi connectivity index (χ3n) is 5.06. The first-order chi connectivity index (χ1) is 14.6. The maximum atomic E-state index is 9.59. The molecular formula is C21H33ClN8O. The summed E-state index contributed by atoms with van der Waals surface area (Å²) in [5.74, 6) is 1.97. The summed E-state index contributed by atoms with van der Waals surface area (Å²) in [5, 5.41) is 17.5. The summed E-state index contributed by atoms with van der Waals surface area (Å²) >= 11 is 6.24. The van der Waals surface area contributed by atoms with E-state index < -0.39 is 0 Å². The SMILES string of the molecule is CC(C)N(CCO)c1nc(Nc2ccc(N)c(Cl)c2)c2c(n1)N(C(C)C)NN2C(C)C. The van der Waals surface area contributed by atoms with E-state index in [0.717, 1.165) is 17.2 Å². The molecule has 5 N–H and O–H groups in total. The highest BCUT2D eigenvalue weighted by molar-refractivity contribution is 6.33. The molecule has 0 saturated heterocycles. The lowest BCUT2D eigenvalue weighted by Gasteiger charge is -2.28. The first-order valence-electron chi connectivity index (χ1n) is 10.6. The van der Waals surface area contributed by atoms with Crippen molar-refractivity contribution in [3.63, 3.8) is 0 Å². The van der Waals surface area contributed by atoms with Gasteiger partial charge in [-0.1, -0.05) is 11.6 Å². The van der Waals surface area contributed by atoms with Gasteiger partial charge in [-0.15, -0.1) is 5.53 Å². The number of hydrazine groups is 2. The molecule has 3 rings (SSSR count). The summed E-state index contributed by atoms with van der Waals surface area (Å²) in [5.41, 5.74) is 11.5. The summed E-state index contributed by atoms with van der Waals surface area (Å²) in [6.45, 7) is 13.0. The normalized spacial score (nSPS) is 13.5. The predicted molar refractivity (Wildman–Crippen MR) is 129 cm³/mol. The van der Waals surface area contributed by atoms with Gasteiger partial charge in [0.1, 0.15) is 5.69 Å². The van der Waals surface area contributed by atoms with Gasteiger partial charge in [0.05, 0.1) is 17.3 Å². The van der Waals surface area contributed by atoms with Gasteiger partial charge in [-0.25, -0.2) is 0 Å². The van der Waals surface area contributed by atoms with Crippen molar-refractivity contribution in [2.75, 3.05) is 39.1 Å². The molecule has 0 aliphatic carbocycles. The number of benzene rings is 1. The monoisotopic (exact) mass is 448 g/mol. The second-order valence-corrected chi connectivity index (χ2v) is 8.85. The van der Waals surface area contributed by atoms with E-state index in [1.54, 1.807) is 12.1 Å². The van der Waals surface area contributed by atoms with Crippen molar-refractivity contribution < 1.29 is 5.11 Å². The number of hydrogen-bond acceptors (Lipinski definition) is 9. The molecule has 0 amide bonds. The van der Waals surface area contributed by atoms with Crippen LogP contribution < -0.4 is 31.5 Å². The number of nitrogens with zero attached hydrogens (tertiary/aromatic N) is 5. The van der Waals surface area contributed by atoms with E-state index in [4.69, 9.17) is 27.3 Å². The van der Waals surface area contributed by atoms with Crippen LogP contribution in [0.1, 0.15) is 41.5 Å². The molecule has 1 aromatic carbocycles. The minimum atomic E-state index is 0.0131. The second kappa shape index (κ2) is 9.33. The molecule has 0 radical (unpaired) electrons. The van der Waals surface area contributed by atoms with Gasteiger partial charge >= 0.3 is 0 Å². The Kier molecular flexibility index (Phi) is 6.98. The average molecular weight is 449 g/mol. The highest BCUT2D eigenvalue weighted by atomic mass is 35.5. The molecule has 1 aliphatic rings. The molecule has 2 aromatic rings. The summed E-state index contributed by atoms with van der Waals surface area (Å²) in [4.78, 5) is 11.8. The molecule has 1 aromatic heterocycles. The highest BCUT2D eigenvalue weighted by Gasteiger charge is 2.35. The first kappa shape index (κ1) is 23.2. The van der Waals surface area contributed by atoms with Crippen molar-refractivity contribution in [3.05, 3.63) is 23.2 Å². The Morgan fingerprint density at radius 2 is 1.81 bits per heavy atom. The van der Waals surface area contributed by atoms with Crippen molar-refractivity contribution in [1.82, 2.24) is 15.5 Å². The van der Waals surface area contributed by atoms with E-state index >= 15 is 0 Å². The molecule has 0 spiro atoms. The van der Waals surface area contributed by atoms with Crippen LogP contribution in [0.25, 0.3) is 0 Å². The number of rotatable bonds is 8. The molecule has 0 atom stereocenters. The first-order valence-corrected chi connectivity index (χ1v) is 11.0. The van der Waals surface area contributed by atoms with Crippen LogP contribution in [-0.2, 0) is 0 Å².